The van der Waals surface area contributed by atoms with Crippen molar-refractivity contribution in [2.45, 2.75) is 130 Å². The first-order chi connectivity index (χ1) is 18.6. The van der Waals surface area contributed by atoms with Crippen LogP contribution < -0.4 is 0 Å². The molecule has 6 aliphatic rings. The van der Waals surface area contributed by atoms with Crippen LogP contribution in [0, 0.1) is 28.6 Å². The van der Waals surface area contributed by atoms with Crippen LogP contribution in [0.25, 0.3) is 0 Å². The Kier molecular flexibility index (Phi) is 7.27. The molecule has 6 rings (SSSR count). The summed E-state index contributed by atoms with van der Waals surface area (Å²) in [4.78, 5) is 47.9. The van der Waals surface area contributed by atoms with Gasteiger partial charge in [-0.1, -0.05) is 13.8 Å². The molecule has 11 nitrogen and oxygen atoms in total. The van der Waals surface area contributed by atoms with Crippen molar-refractivity contribution >= 4 is 23.9 Å². The first-order valence-electron chi connectivity index (χ1n) is 14.4. The second-order valence-electron chi connectivity index (χ2n) is 13.5. The van der Waals surface area contributed by atoms with Crippen LogP contribution in [0.3, 0.4) is 0 Å². The Bertz CT molecular complexity index is 1060. The molecule has 5 unspecified atom stereocenters. The van der Waals surface area contributed by atoms with Crippen molar-refractivity contribution in [2.24, 2.45) is 28.6 Å². The molecule has 0 radical (unpaired) electrons. The molecule has 0 aromatic rings. The topological polar surface area (TPSA) is 133 Å². The highest BCUT2D eigenvalue weighted by Crippen LogP contribution is 2.55. The van der Waals surface area contributed by atoms with Gasteiger partial charge in [-0.15, -0.1) is 0 Å². The molecular weight excluding hydrogens is 524 g/mol. The molecule has 0 aromatic heterocycles. The second-order valence-corrected chi connectivity index (χ2v) is 13.5. The predicted molar refractivity (Wildman–Crippen MR) is 136 cm³/mol. The molecule has 224 valence electrons. The number of fused-ring (bicyclic) bond motifs is 4. The third kappa shape index (κ3) is 4.91. The van der Waals surface area contributed by atoms with Crippen LogP contribution in [0.2, 0.25) is 0 Å². The zero-order valence-electron chi connectivity index (χ0n) is 24.6. The van der Waals surface area contributed by atoms with E-state index in [9.17, 15) is 19.2 Å². The van der Waals surface area contributed by atoms with Gasteiger partial charge in [0.25, 0.3) is 0 Å². The van der Waals surface area contributed by atoms with Gasteiger partial charge in [0.05, 0.1) is 16.7 Å². The minimum atomic E-state index is -1.07. The van der Waals surface area contributed by atoms with Crippen LogP contribution in [-0.4, -0.2) is 72.6 Å². The first-order valence-corrected chi connectivity index (χ1v) is 14.4. The Balaban J connectivity index is 0.000000164. The molecule has 0 N–H and O–H groups in total. The Hall–Kier alpha value is -2.24. The summed E-state index contributed by atoms with van der Waals surface area (Å²) in [6, 6.07) is 0. The summed E-state index contributed by atoms with van der Waals surface area (Å²) in [5.41, 5.74) is -1.12. The van der Waals surface area contributed by atoms with Crippen LogP contribution in [0.4, 0.5) is 0 Å². The fraction of sp³-hybridized carbons (Fsp3) is 0.862. The molecular formula is C29H42O11. The zero-order chi connectivity index (χ0) is 29.4. The number of hydrogen-bond donors (Lipinski definition) is 0. The van der Waals surface area contributed by atoms with Crippen LogP contribution in [0.1, 0.15) is 81.1 Å². The Morgan fingerprint density at radius 1 is 0.825 bits per heavy atom. The van der Waals surface area contributed by atoms with Gasteiger partial charge < -0.3 is 33.2 Å². The van der Waals surface area contributed by atoms with Crippen molar-refractivity contribution < 1.29 is 52.3 Å². The number of rotatable bonds is 6. The van der Waals surface area contributed by atoms with E-state index >= 15 is 0 Å². The second kappa shape index (κ2) is 9.94. The maximum Gasteiger partial charge on any atom is 0.350 e. The van der Waals surface area contributed by atoms with Gasteiger partial charge in [-0.3, -0.25) is 14.4 Å². The van der Waals surface area contributed by atoms with Crippen molar-refractivity contribution in [3.8, 4) is 0 Å². The summed E-state index contributed by atoms with van der Waals surface area (Å²) in [5, 5.41) is 0. The summed E-state index contributed by atoms with van der Waals surface area (Å²) in [5.74, 6) is -1.37. The molecule has 4 saturated heterocycles. The number of carbonyl (C=O) groups is 4. The average molecular weight is 567 g/mol. The molecule has 10 atom stereocenters. The van der Waals surface area contributed by atoms with Crippen molar-refractivity contribution in [1.82, 2.24) is 0 Å². The monoisotopic (exact) mass is 566 g/mol. The maximum absolute atomic E-state index is 12.2. The van der Waals surface area contributed by atoms with Crippen LogP contribution in [0.15, 0.2) is 0 Å². The van der Waals surface area contributed by atoms with Gasteiger partial charge in [-0.05, 0) is 67.2 Å². The predicted octanol–water partition coefficient (Wildman–Crippen LogP) is 3.05. The molecule has 2 bridgehead atoms. The van der Waals surface area contributed by atoms with Gasteiger partial charge in [0.15, 0.2) is 24.3 Å². The van der Waals surface area contributed by atoms with E-state index in [4.69, 9.17) is 33.2 Å². The standard InChI is InChI=1S/C15H22O7.C14H20O4/c1-6-14(2,3)13(17)20-9-7-8(18-11(9)16)10-12(19-7)22-15(4,5)21-10;1-4-14(2,3)13(16)18-10-7-5-8-9(6-7)12(15)17-11(8)10/h7-10,12H,6H2,1-5H3;7-11H,4-6H2,1-3H3/t7-,8-,9-,10+,12+;/m0./s1. The number of esters is 4. The van der Waals surface area contributed by atoms with E-state index in [1.165, 1.54) is 0 Å². The quantitative estimate of drug-likeness (QED) is 0.347. The molecule has 0 aromatic carbocycles. The zero-order valence-corrected chi connectivity index (χ0v) is 24.6. The molecule has 0 amide bonds. The highest BCUT2D eigenvalue weighted by atomic mass is 16.9. The van der Waals surface area contributed by atoms with Crippen molar-refractivity contribution in [3.05, 3.63) is 0 Å². The van der Waals surface area contributed by atoms with E-state index in [1.54, 1.807) is 27.7 Å². The lowest BCUT2D eigenvalue weighted by Crippen LogP contribution is -2.40. The molecule has 6 fully saturated rings. The molecule has 2 saturated carbocycles. The number of hydrogen-bond acceptors (Lipinski definition) is 11. The van der Waals surface area contributed by atoms with E-state index in [-0.39, 0.29) is 30.1 Å². The summed E-state index contributed by atoms with van der Waals surface area (Å²) in [6.45, 7) is 14.7. The summed E-state index contributed by atoms with van der Waals surface area (Å²) in [7, 11) is 0. The van der Waals surface area contributed by atoms with E-state index in [1.807, 2.05) is 27.7 Å². The molecule has 4 aliphatic heterocycles. The lowest BCUT2D eigenvalue weighted by Gasteiger charge is -2.29. The van der Waals surface area contributed by atoms with Crippen LogP contribution in [0.5, 0.6) is 0 Å². The number of ether oxygens (including phenoxy) is 7. The minimum absolute atomic E-state index is 0.0779. The fourth-order valence-electron chi connectivity index (χ4n) is 6.24. The van der Waals surface area contributed by atoms with Crippen LogP contribution >= 0.6 is 0 Å². The Labute approximate surface area is 234 Å². The minimum Gasteiger partial charge on any atom is -0.458 e. The molecule has 11 heteroatoms. The fourth-order valence-corrected chi connectivity index (χ4v) is 6.24. The lowest BCUT2D eigenvalue weighted by molar-refractivity contribution is -0.217. The van der Waals surface area contributed by atoms with Crippen molar-refractivity contribution in [3.63, 3.8) is 0 Å². The van der Waals surface area contributed by atoms with Gasteiger partial charge in [0.2, 0.25) is 6.10 Å². The third-order valence-electron chi connectivity index (χ3n) is 9.57. The molecule has 2 aliphatic carbocycles. The van der Waals surface area contributed by atoms with E-state index in [2.05, 4.69) is 0 Å². The maximum atomic E-state index is 12.2. The van der Waals surface area contributed by atoms with Gasteiger partial charge >= 0.3 is 23.9 Å². The van der Waals surface area contributed by atoms with Crippen molar-refractivity contribution in [1.29, 1.82) is 0 Å². The van der Waals surface area contributed by atoms with E-state index in [0.29, 0.717) is 18.3 Å². The average Bonchev–Trinajstić information content (AvgIpc) is 3.68. The van der Waals surface area contributed by atoms with Gasteiger partial charge in [-0.25, -0.2) is 4.79 Å². The molecule has 0 spiro atoms. The van der Waals surface area contributed by atoms with E-state index in [0.717, 1.165) is 19.3 Å². The van der Waals surface area contributed by atoms with Gasteiger partial charge in [0, 0.05) is 11.8 Å². The summed E-state index contributed by atoms with van der Waals surface area (Å²) in [6.07, 6.45) is -0.662. The summed E-state index contributed by atoms with van der Waals surface area (Å²) < 4.78 is 38.7. The Morgan fingerprint density at radius 2 is 1.43 bits per heavy atom. The summed E-state index contributed by atoms with van der Waals surface area (Å²) >= 11 is 0. The highest BCUT2D eigenvalue weighted by Gasteiger charge is 2.65. The van der Waals surface area contributed by atoms with Crippen LogP contribution in [-0.2, 0) is 52.3 Å². The number of carbonyl (C=O) groups excluding carboxylic acids is 4. The molecule has 40 heavy (non-hydrogen) atoms. The van der Waals surface area contributed by atoms with Gasteiger partial charge in [0.1, 0.15) is 18.3 Å². The largest absolute Gasteiger partial charge is 0.458 e. The third-order valence-corrected chi connectivity index (χ3v) is 9.57. The SMILES string of the molecule is CCC(C)(C)C(=O)OC1C2CC3C(=O)OC1C3C2.CCC(C)(C)C(=O)O[C@@H]1C(=O)O[C@@H]2[C@H]3OC(C)(C)O[C@H]3O[C@@H]21. The molecule has 4 heterocycles. The first kappa shape index (κ1) is 29.3. The lowest BCUT2D eigenvalue weighted by atomic mass is 9.87. The van der Waals surface area contributed by atoms with Gasteiger partial charge in [-0.2, -0.15) is 0 Å². The van der Waals surface area contributed by atoms with Crippen molar-refractivity contribution in [2.75, 3.05) is 0 Å². The smallest absolute Gasteiger partial charge is 0.350 e. The normalized spacial score (nSPS) is 40.1. The Morgan fingerprint density at radius 3 is 2.05 bits per heavy atom. The van der Waals surface area contributed by atoms with E-state index < -0.39 is 59.3 Å². The highest BCUT2D eigenvalue weighted by molar-refractivity contribution is 5.84.